The van der Waals surface area contributed by atoms with Gasteiger partial charge in [0.25, 0.3) is 0 Å². The smallest absolute Gasteiger partial charge is 0.339 e. The van der Waals surface area contributed by atoms with Crippen LogP contribution >= 0.6 is 0 Å². The van der Waals surface area contributed by atoms with Crippen LogP contribution in [0.1, 0.15) is 28.8 Å². The van der Waals surface area contributed by atoms with Gasteiger partial charge in [-0.15, -0.1) is 6.58 Å². The van der Waals surface area contributed by atoms with Crippen LogP contribution in [0.5, 0.6) is 11.5 Å². The van der Waals surface area contributed by atoms with Gasteiger partial charge in [0.05, 0.1) is 18.6 Å². The first-order valence-corrected chi connectivity index (χ1v) is 8.47. The summed E-state index contributed by atoms with van der Waals surface area (Å²) in [6.07, 6.45) is -3.14. The molecule has 0 amide bonds. The summed E-state index contributed by atoms with van der Waals surface area (Å²) in [6, 6.07) is 2.39. The molecule has 1 heterocycles. The zero-order chi connectivity index (χ0) is 20.1. The number of unbranched alkanes of at least 4 members (excludes halogenated alkanes) is 1. The minimum Gasteiger partial charge on any atom is -0.508 e. The van der Waals surface area contributed by atoms with Crippen LogP contribution in [0.3, 0.4) is 0 Å². The van der Waals surface area contributed by atoms with E-state index in [4.69, 9.17) is 9.47 Å². The largest absolute Gasteiger partial charge is 0.508 e. The number of allylic oxidation sites excluding steroid dienone is 1. The number of carboxylic acids is 1. The second kappa shape index (κ2) is 9.16. The van der Waals surface area contributed by atoms with Gasteiger partial charge in [0.15, 0.2) is 6.29 Å². The maximum atomic E-state index is 11.7. The minimum atomic E-state index is -1.79. The lowest BCUT2D eigenvalue weighted by atomic mass is 9.94. The van der Waals surface area contributed by atoms with Crippen molar-refractivity contribution in [2.24, 2.45) is 5.92 Å². The first-order chi connectivity index (χ1) is 12.8. The molecule has 2 rings (SSSR count). The Balaban J connectivity index is 2.36. The van der Waals surface area contributed by atoms with Crippen molar-refractivity contribution in [3.63, 3.8) is 0 Å². The van der Waals surface area contributed by atoms with Crippen LogP contribution in [-0.4, -0.2) is 68.0 Å². The van der Waals surface area contributed by atoms with Crippen LogP contribution in [-0.2, 0) is 11.2 Å². The molecule has 1 aliphatic heterocycles. The molecular formula is C18H24O9. The zero-order valence-electron chi connectivity index (χ0n) is 14.6. The maximum Gasteiger partial charge on any atom is 0.339 e. The predicted molar refractivity (Wildman–Crippen MR) is 92.3 cm³/mol. The molecule has 1 aliphatic rings. The fourth-order valence-corrected chi connectivity index (χ4v) is 2.96. The Morgan fingerprint density at radius 2 is 1.96 bits per heavy atom. The van der Waals surface area contributed by atoms with E-state index in [0.717, 1.165) is 6.07 Å². The fourth-order valence-electron chi connectivity index (χ4n) is 2.96. The monoisotopic (exact) mass is 384 g/mol. The van der Waals surface area contributed by atoms with Crippen LogP contribution in [0.4, 0.5) is 0 Å². The Labute approximate surface area is 155 Å². The lowest BCUT2D eigenvalue weighted by Gasteiger charge is -2.39. The van der Waals surface area contributed by atoms with Gasteiger partial charge < -0.3 is 40.1 Å². The molecule has 9 heteroatoms. The van der Waals surface area contributed by atoms with Gasteiger partial charge in [0, 0.05) is 6.07 Å². The molecule has 1 unspecified atom stereocenters. The third-order valence-electron chi connectivity index (χ3n) is 4.39. The number of ether oxygens (including phenoxy) is 2. The van der Waals surface area contributed by atoms with Crippen molar-refractivity contribution >= 4 is 5.97 Å². The first-order valence-electron chi connectivity index (χ1n) is 8.47. The number of phenolic OH excluding ortho intramolecular Hbond substituents is 1. The van der Waals surface area contributed by atoms with Gasteiger partial charge in [-0.25, -0.2) is 4.79 Å². The summed E-state index contributed by atoms with van der Waals surface area (Å²) in [4.78, 5) is 11.7. The first kappa shape index (κ1) is 21.1. The number of hydrogen-bond donors (Lipinski definition) is 6. The molecule has 1 fully saturated rings. The summed E-state index contributed by atoms with van der Waals surface area (Å²) in [5, 5.41) is 58.3. The maximum absolute atomic E-state index is 11.7. The lowest BCUT2D eigenvalue weighted by molar-refractivity contribution is -0.312. The second-order valence-corrected chi connectivity index (χ2v) is 6.30. The van der Waals surface area contributed by atoms with E-state index in [9.17, 15) is 35.4 Å². The lowest BCUT2D eigenvalue weighted by Crippen LogP contribution is -2.57. The van der Waals surface area contributed by atoms with Crippen molar-refractivity contribution in [3.8, 4) is 11.5 Å². The molecule has 0 aliphatic carbocycles. The van der Waals surface area contributed by atoms with Crippen LogP contribution in [0.15, 0.2) is 24.8 Å². The Hall–Kier alpha value is -2.17. The standard InChI is InChI=1S/C18H24O9/c1-2-3-4-5-9-6-10(20)7-12(13(9)16(23)24)26-18-11(8-19)14(21)15(22)17(25)27-18/h2,6-7,11,14-15,17-22,25H,1,3-5,8H2,(H,23,24)/t11-,14-,15+,17+,18?/m1/s1. The van der Waals surface area contributed by atoms with Crippen molar-refractivity contribution in [2.45, 2.75) is 44.1 Å². The number of aromatic carboxylic acids is 1. The van der Waals surface area contributed by atoms with Crippen molar-refractivity contribution < 1.29 is 44.9 Å². The number of hydrogen-bond acceptors (Lipinski definition) is 8. The van der Waals surface area contributed by atoms with E-state index in [2.05, 4.69) is 6.58 Å². The SMILES string of the molecule is C=CCCCc1cc(O)cc(OC2O[C@H](O)[C@@H](O)[C@H](O)[C@H]2CO)c1C(=O)O. The number of phenols is 1. The van der Waals surface area contributed by atoms with Gasteiger partial charge in [0.2, 0.25) is 6.29 Å². The van der Waals surface area contributed by atoms with E-state index >= 15 is 0 Å². The summed E-state index contributed by atoms with van der Waals surface area (Å²) in [6.45, 7) is 2.95. The van der Waals surface area contributed by atoms with E-state index < -0.39 is 43.3 Å². The molecule has 6 N–H and O–H groups in total. The van der Waals surface area contributed by atoms with Crippen LogP contribution in [0.25, 0.3) is 0 Å². The number of aliphatic hydroxyl groups excluding tert-OH is 4. The van der Waals surface area contributed by atoms with Gasteiger partial charge >= 0.3 is 5.97 Å². The average Bonchev–Trinajstić information content (AvgIpc) is 2.59. The zero-order valence-corrected chi connectivity index (χ0v) is 14.6. The molecule has 0 aromatic heterocycles. The molecule has 1 aromatic rings. The predicted octanol–water partition coefficient (Wildman–Crippen LogP) is -0.0171. The number of benzene rings is 1. The highest BCUT2D eigenvalue weighted by Crippen LogP contribution is 2.34. The summed E-state index contributed by atoms with van der Waals surface area (Å²) >= 11 is 0. The normalized spacial score (nSPS) is 27.9. The summed E-state index contributed by atoms with van der Waals surface area (Å²) < 4.78 is 10.6. The van der Waals surface area contributed by atoms with Crippen molar-refractivity contribution in [1.82, 2.24) is 0 Å². The molecule has 0 radical (unpaired) electrons. The van der Waals surface area contributed by atoms with Gasteiger partial charge in [-0.1, -0.05) is 6.08 Å². The van der Waals surface area contributed by atoms with Gasteiger partial charge in [0.1, 0.15) is 23.2 Å². The van der Waals surface area contributed by atoms with Gasteiger partial charge in [-0.05, 0) is 30.9 Å². The number of aromatic hydroxyl groups is 1. The van der Waals surface area contributed by atoms with E-state index in [1.165, 1.54) is 6.07 Å². The van der Waals surface area contributed by atoms with Gasteiger partial charge in [-0.2, -0.15) is 0 Å². The minimum absolute atomic E-state index is 0.202. The Morgan fingerprint density at radius 1 is 1.26 bits per heavy atom. The highest BCUT2D eigenvalue weighted by molar-refractivity contribution is 5.93. The average molecular weight is 384 g/mol. The van der Waals surface area contributed by atoms with E-state index in [1.54, 1.807) is 6.08 Å². The topological polar surface area (TPSA) is 157 Å². The quantitative estimate of drug-likeness (QED) is 0.268. The molecule has 27 heavy (non-hydrogen) atoms. The van der Waals surface area contributed by atoms with Crippen LogP contribution < -0.4 is 4.74 Å². The number of carbonyl (C=O) groups is 1. The van der Waals surface area contributed by atoms with E-state index in [-0.39, 0.29) is 17.1 Å². The molecule has 0 bridgehead atoms. The van der Waals surface area contributed by atoms with Crippen LogP contribution in [0, 0.1) is 5.92 Å². The van der Waals surface area contributed by atoms with E-state index in [1.807, 2.05) is 0 Å². The van der Waals surface area contributed by atoms with E-state index in [0.29, 0.717) is 24.8 Å². The number of aryl methyl sites for hydroxylation is 1. The Bertz CT molecular complexity index is 675. The Morgan fingerprint density at radius 3 is 2.56 bits per heavy atom. The molecular weight excluding hydrogens is 360 g/mol. The third kappa shape index (κ3) is 4.76. The van der Waals surface area contributed by atoms with Crippen LogP contribution in [0.2, 0.25) is 0 Å². The number of rotatable bonds is 8. The molecule has 0 saturated carbocycles. The summed E-state index contributed by atoms with van der Waals surface area (Å²) in [5.74, 6) is -2.91. The molecule has 1 saturated heterocycles. The molecule has 1 aromatic carbocycles. The van der Waals surface area contributed by atoms with Crippen molar-refractivity contribution in [3.05, 3.63) is 35.9 Å². The molecule has 0 spiro atoms. The van der Waals surface area contributed by atoms with Crippen molar-refractivity contribution in [1.29, 1.82) is 0 Å². The highest BCUT2D eigenvalue weighted by atomic mass is 16.7. The molecule has 9 nitrogen and oxygen atoms in total. The summed E-state index contributed by atoms with van der Waals surface area (Å²) in [5.41, 5.74) is 0.129. The number of aliphatic hydroxyl groups is 4. The van der Waals surface area contributed by atoms with Crippen molar-refractivity contribution in [2.75, 3.05) is 6.61 Å². The third-order valence-corrected chi connectivity index (χ3v) is 4.39. The Kier molecular flexibility index (Phi) is 7.17. The second-order valence-electron chi connectivity index (χ2n) is 6.30. The summed E-state index contributed by atoms with van der Waals surface area (Å²) in [7, 11) is 0. The fraction of sp³-hybridized carbons (Fsp3) is 0.500. The number of carboxylic acid groups (broad SMARTS) is 1. The molecule has 5 atom stereocenters. The molecule has 150 valence electrons. The highest BCUT2D eigenvalue weighted by Gasteiger charge is 2.45. The van der Waals surface area contributed by atoms with Gasteiger partial charge in [-0.3, -0.25) is 0 Å².